The minimum Gasteiger partial charge on any atom is -0.497 e. The molecule has 0 aromatic heterocycles. The highest BCUT2D eigenvalue weighted by atomic mass is 16.5. The van der Waals surface area contributed by atoms with Gasteiger partial charge in [0.15, 0.2) is 5.54 Å². The molecule has 1 aromatic rings. The van der Waals surface area contributed by atoms with Crippen molar-refractivity contribution in [1.29, 1.82) is 0 Å². The van der Waals surface area contributed by atoms with Gasteiger partial charge in [0.2, 0.25) is 0 Å². The number of hydrogen-bond donors (Lipinski definition) is 3. The molecule has 3 amide bonds. The van der Waals surface area contributed by atoms with E-state index in [4.69, 9.17) is 9.47 Å². The Hall–Kier alpha value is -2.44. The fourth-order valence-electron chi connectivity index (χ4n) is 2.75. The van der Waals surface area contributed by atoms with E-state index in [-0.39, 0.29) is 5.91 Å². The van der Waals surface area contributed by atoms with Crippen LogP contribution in [-0.4, -0.2) is 32.7 Å². The van der Waals surface area contributed by atoms with Gasteiger partial charge in [-0.05, 0) is 6.07 Å². The average molecular weight is 277 g/mol. The molecule has 1 fully saturated rings. The van der Waals surface area contributed by atoms with Gasteiger partial charge in [-0.3, -0.25) is 10.1 Å². The van der Waals surface area contributed by atoms with Crippen molar-refractivity contribution in [1.82, 2.24) is 10.6 Å². The third-order valence-corrected chi connectivity index (χ3v) is 3.73. The molecule has 2 aliphatic heterocycles. The highest BCUT2D eigenvalue weighted by Crippen LogP contribution is 2.44. The Bertz CT molecular complexity index is 602. The molecule has 106 valence electrons. The molecule has 0 saturated carbocycles. The number of rotatable bonds is 2. The third-order valence-electron chi connectivity index (χ3n) is 3.73. The summed E-state index contributed by atoms with van der Waals surface area (Å²) in [6.07, 6.45) is 0.466. The van der Waals surface area contributed by atoms with E-state index in [0.717, 1.165) is 0 Å². The van der Waals surface area contributed by atoms with Crippen molar-refractivity contribution in [2.24, 2.45) is 0 Å². The minimum absolute atomic E-state index is 0.347. The van der Waals surface area contributed by atoms with Gasteiger partial charge in [0, 0.05) is 24.6 Å². The maximum atomic E-state index is 12.2. The summed E-state index contributed by atoms with van der Waals surface area (Å²) in [5.74, 6) is 0.797. The van der Waals surface area contributed by atoms with E-state index in [1.165, 1.54) is 7.11 Å². The van der Waals surface area contributed by atoms with E-state index in [1.54, 1.807) is 19.2 Å². The lowest BCUT2D eigenvalue weighted by Gasteiger charge is -2.34. The normalized spacial score (nSPS) is 23.7. The van der Waals surface area contributed by atoms with Gasteiger partial charge >= 0.3 is 6.03 Å². The quantitative estimate of drug-likeness (QED) is 0.687. The number of amides is 3. The molecule has 2 heterocycles. The largest absolute Gasteiger partial charge is 0.497 e. The third kappa shape index (κ3) is 1.59. The van der Waals surface area contributed by atoms with Crippen LogP contribution in [0.5, 0.6) is 11.5 Å². The summed E-state index contributed by atoms with van der Waals surface area (Å²) in [5, 5.41) is 8.23. The van der Waals surface area contributed by atoms with Crippen molar-refractivity contribution in [3.63, 3.8) is 0 Å². The molecule has 3 N–H and O–H groups in total. The fourth-order valence-corrected chi connectivity index (χ4v) is 2.75. The van der Waals surface area contributed by atoms with Crippen LogP contribution in [0.25, 0.3) is 0 Å². The second-order valence-electron chi connectivity index (χ2n) is 4.74. The van der Waals surface area contributed by atoms with Gasteiger partial charge < -0.3 is 20.1 Å². The van der Waals surface area contributed by atoms with Crippen molar-refractivity contribution in [3.8, 4) is 11.5 Å². The van der Waals surface area contributed by atoms with Gasteiger partial charge in [-0.2, -0.15) is 0 Å². The van der Waals surface area contributed by atoms with Gasteiger partial charge in [-0.15, -0.1) is 0 Å². The maximum absolute atomic E-state index is 12.2. The van der Waals surface area contributed by atoms with E-state index in [1.807, 2.05) is 0 Å². The Labute approximate surface area is 115 Å². The number of fused-ring (bicyclic) bond motifs is 2. The number of nitrogens with one attached hydrogen (secondary N) is 3. The number of benzene rings is 1. The molecule has 0 aliphatic carbocycles. The number of imide groups is 1. The van der Waals surface area contributed by atoms with Crippen LogP contribution in [0.4, 0.5) is 10.5 Å². The van der Waals surface area contributed by atoms with Crippen LogP contribution in [0, 0.1) is 0 Å². The first-order valence-electron chi connectivity index (χ1n) is 6.24. The standard InChI is InChI=1S/C13H15N3O4/c1-19-7-5-8-10(9(6-7)20-2)14-4-3-13(8)11(17)15-12(18)16-13/h5-6,14H,3-4H2,1-2H3,(H2,15,16,17,18). The SMILES string of the molecule is COc1cc(OC)c2c(c1)C1(CCN2)NC(=O)NC1=O. The number of urea groups is 1. The molecular weight excluding hydrogens is 262 g/mol. The first kappa shape index (κ1) is 12.6. The zero-order valence-corrected chi connectivity index (χ0v) is 11.2. The molecule has 1 saturated heterocycles. The van der Waals surface area contributed by atoms with Crippen LogP contribution < -0.4 is 25.4 Å². The van der Waals surface area contributed by atoms with Crippen LogP contribution in [0.2, 0.25) is 0 Å². The first-order chi connectivity index (χ1) is 9.60. The van der Waals surface area contributed by atoms with E-state index >= 15 is 0 Å². The highest BCUT2D eigenvalue weighted by molar-refractivity contribution is 6.08. The van der Waals surface area contributed by atoms with Crippen LogP contribution in [-0.2, 0) is 10.3 Å². The lowest BCUT2D eigenvalue weighted by atomic mass is 9.82. The van der Waals surface area contributed by atoms with Crippen LogP contribution >= 0.6 is 0 Å². The van der Waals surface area contributed by atoms with Crippen molar-refractivity contribution in [3.05, 3.63) is 17.7 Å². The number of methoxy groups -OCH3 is 2. The molecule has 2 aliphatic rings. The molecule has 3 rings (SSSR count). The van der Waals surface area contributed by atoms with Gasteiger partial charge in [0.05, 0.1) is 19.9 Å². The molecule has 7 nitrogen and oxygen atoms in total. The van der Waals surface area contributed by atoms with Crippen molar-refractivity contribution in [2.75, 3.05) is 26.1 Å². The van der Waals surface area contributed by atoms with E-state index in [9.17, 15) is 9.59 Å². The van der Waals surface area contributed by atoms with Gasteiger partial charge in [-0.1, -0.05) is 0 Å². The summed E-state index contributed by atoms with van der Waals surface area (Å²) in [6.45, 7) is 0.559. The van der Waals surface area contributed by atoms with Crippen LogP contribution in [0.1, 0.15) is 12.0 Å². The summed E-state index contributed by atoms with van der Waals surface area (Å²) in [6, 6.07) is 3.00. The Morgan fingerprint density at radius 2 is 2.00 bits per heavy atom. The predicted octanol–water partition coefficient (Wildman–Crippen LogP) is 0.554. The Morgan fingerprint density at radius 1 is 1.20 bits per heavy atom. The number of carbonyl (C=O) groups is 2. The minimum atomic E-state index is -1.06. The topological polar surface area (TPSA) is 88.7 Å². The summed E-state index contributed by atoms with van der Waals surface area (Å²) >= 11 is 0. The molecule has 1 unspecified atom stereocenters. The lowest BCUT2D eigenvalue weighted by Crippen LogP contribution is -2.48. The van der Waals surface area contributed by atoms with E-state index in [2.05, 4.69) is 16.0 Å². The smallest absolute Gasteiger partial charge is 0.322 e. The van der Waals surface area contributed by atoms with Crippen molar-refractivity contribution < 1.29 is 19.1 Å². The zero-order chi connectivity index (χ0) is 14.3. The fraction of sp³-hybridized carbons (Fsp3) is 0.385. The Balaban J connectivity index is 2.22. The summed E-state index contributed by atoms with van der Waals surface area (Å²) in [4.78, 5) is 23.7. The zero-order valence-electron chi connectivity index (χ0n) is 11.2. The second kappa shape index (κ2) is 4.29. The van der Waals surface area contributed by atoms with Crippen molar-refractivity contribution in [2.45, 2.75) is 12.0 Å². The first-order valence-corrected chi connectivity index (χ1v) is 6.24. The lowest BCUT2D eigenvalue weighted by molar-refractivity contribution is -0.124. The molecule has 1 atom stereocenters. The number of anilines is 1. The molecule has 0 radical (unpaired) electrons. The predicted molar refractivity (Wildman–Crippen MR) is 71.0 cm³/mol. The molecule has 1 spiro atoms. The van der Waals surface area contributed by atoms with Crippen LogP contribution in [0.3, 0.4) is 0 Å². The van der Waals surface area contributed by atoms with Crippen LogP contribution in [0.15, 0.2) is 12.1 Å². The second-order valence-corrected chi connectivity index (χ2v) is 4.74. The molecule has 20 heavy (non-hydrogen) atoms. The highest BCUT2D eigenvalue weighted by Gasteiger charge is 2.50. The van der Waals surface area contributed by atoms with Gasteiger partial charge in [0.25, 0.3) is 5.91 Å². The van der Waals surface area contributed by atoms with Gasteiger partial charge in [-0.25, -0.2) is 4.79 Å². The van der Waals surface area contributed by atoms with E-state index in [0.29, 0.717) is 35.7 Å². The number of ether oxygens (including phenoxy) is 2. The Kier molecular flexibility index (Phi) is 2.70. The molecule has 1 aromatic carbocycles. The Morgan fingerprint density at radius 3 is 2.60 bits per heavy atom. The molecular formula is C13H15N3O4. The summed E-state index contributed by atoms with van der Waals surface area (Å²) in [5.41, 5.74) is 0.305. The summed E-state index contributed by atoms with van der Waals surface area (Å²) < 4.78 is 10.6. The van der Waals surface area contributed by atoms with Crippen molar-refractivity contribution >= 4 is 17.6 Å². The average Bonchev–Trinajstić information content (AvgIpc) is 2.73. The monoisotopic (exact) mass is 277 g/mol. The molecule has 7 heteroatoms. The number of hydrogen-bond acceptors (Lipinski definition) is 5. The van der Waals surface area contributed by atoms with E-state index < -0.39 is 11.6 Å². The van der Waals surface area contributed by atoms with Gasteiger partial charge in [0.1, 0.15) is 11.5 Å². The number of carbonyl (C=O) groups excluding carboxylic acids is 2. The maximum Gasteiger partial charge on any atom is 0.322 e. The molecule has 0 bridgehead atoms. The summed E-state index contributed by atoms with van der Waals surface area (Å²) in [7, 11) is 3.09.